The lowest BCUT2D eigenvalue weighted by molar-refractivity contribution is -0.120. The smallest absolute Gasteiger partial charge is 0.251 e. The first-order chi connectivity index (χ1) is 11.4. The zero-order valence-electron chi connectivity index (χ0n) is 13.5. The quantitative estimate of drug-likeness (QED) is 0.555. The lowest BCUT2D eigenvalue weighted by Gasteiger charge is -2.08. The zero-order valence-corrected chi connectivity index (χ0v) is 14.3. The second-order valence-electron chi connectivity index (χ2n) is 4.91. The Morgan fingerprint density at radius 1 is 1.21 bits per heavy atom. The number of nitrogens with one attached hydrogen (secondary N) is 3. The van der Waals surface area contributed by atoms with E-state index in [0.29, 0.717) is 6.54 Å². The van der Waals surface area contributed by atoms with E-state index < -0.39 is 15.9 Å². The van der Waals surface area contributed by atoms with Crippen molar-refractivity contribution in [2.75, 3.05) is 19.6 Å². The number of carbonyl (C=O) groups excluding carboxylic acids is 2. The van der Waals surface area contributed by atoms with Crippen LogP contribution in [0.15, 0.2) is 29.2 Å². The first kappa shape index (κ1) is 19.7. The van der Waals surface area contributed by atoms with Crippen molar-refractivity contribution < 1.29 is 18.0 Å². The predicted molar refractivity (Wildman–Crippen MR) is 90.7 cm³/mol. The second-order valence-corrected chi connectivity index (χ2v) is 6.68. The third-order valence-electron chi connectivity index (χ3n) is 2.98. The topological polar surface area (TPSA) is 104 Å². The van der Waals surface area contributed by atoms with Crippen molar-refractivity contribution in [2.45, 2.75) is 24.7 Å². The summed E-state index contributed by atoms with van der Waals surface area (Å²) in [5.74, 6) is 1.58. The molecule has 0 aliphatic carbocycles. The molecule has 130 valence electrons. The highest BCUT2D eigenvalue weighted by molar-refractivity contribution is 7.89. The highest BCUT2D eigenvalue weighted by atomic mass is 32.2. The van der Waals surface area contributed by atoms with E-state index in [-0.39, 0.29) is 35.9 Å². The van der Waals surface area contributed by atoms with Crippen molar-refractivity contribution in [1.82, 2.24) is 15.4 Å². The van der Waals surface area contributed by atoms with Gasteiger partial charge >= 0.3 is 0 Å². The Morgan fingerprint density at radius 3 is 2.62 bits per heavy atom. The minimum absolute atomic E-state index is 0.0499. The monoisotopic (exact) mass is 351 g/mol. The summed E-state index contributed by atoms with van der Waals surface area (Å²) in [6, 6.07) is 5.58. The average Bonchev–Trinajstić information content (AvgIpc) is 2.58. The molecule has 1 aromatic rings. The molecule has 0 unspecified atom stereocenters. The molecule has 0 aliphatic heterocycles. The average molecular weight is 351 g/mol. The number of terminal acetylenes is 1. The van der Waals surface area contributed by atoms with E-state index in [9.17, 15) is 18.0 Å². The molecular formula is C16H21N3O4S. The van der Waals surface area contributed by atoms with Gasteiger partial charge in [-0.05, 0) is 24.6 Å². The molecule has 3 N–H and O–H groups in total. The Labute approximate surface area is 142 Å². The molecule has 0 spiro atoms. The van der Waals surface area contributed by atoms with E-state index in [4.69, 9.17) is 6.42 Å². The van der Waals surface area contributed by atoms with E-state index >= 15 is 0 Å². The number of hydrogen-bond donors (Lipinski definition) is 3. The van der Waals surface area contributed by atoms with Crippen LogP contribution in [0, 0.1) is 12.3 Å². The number of rotatable bonds is 9. The Kier molecular flexibility index (Phi) is 7.95. The lowest BCUT2D eigenvalue weighted by Crippen LogP contribution is -2.31. The van der Waals surface area contributed by atoms with Crippen molar-refractivity contribution in [3.05, 3.63) is 29.8 Å². The van der Waals surface area contributed by atoms with Gasteiger partial charge in [0.15, 0.2) is 0 Å². The van der Waals surface area contributed by atoms with Crippen LogP contribution in [0.4, 0.5) is 0 Å². The number of benzene rings is 1. The van der Waals surface area contributed by atoms with Gasteiger partial charge in [-0.15, -0.1) is 6.42 Å². The van der Waals surface area contributed by atoms with E-state index in [1.54, 1.807) is 0 Å². The van der Waals surface area contributed by atoms with Gasteiger partial charge in [-0.1, -0.05) is 18.9 Å². The van der Waals surface area contributed by atoms with Crippen LogP contribution in [0.1, 0.15) is 30.1 Å². The maximum atomic E-state index is 12.0. The van der Waals surface area contributed by atoms with Crippen molar-refractivity contribution in [3.63, 3.8) is 0 Å². The molecule has 7 nitrogen and oxygen atoms in total. The molecule has 24 heavy (non-hydrogen) atoms. The standard InChI is InChI=1S/C16H21N3O4S/c1-3-9-17-15(20)8-11-18-16(21)13-6-5-7-14(12-13)24(22,23)19-10-4-2/h2,5-7,12,19H,3,8-11H2,1H3,(H,17,20)(H,18,21). The molecule has 1 aromatic carbocycles. The summed E-state index contributed by atoms with van der Waals surface area (Å²) in [6.07, 6.45) is 6.03. The van der Waals surface area contributed by atoms with Gasteiger partial charge in [0.1, 0.15) is 0 Å². The maximum absolute atomic E-state index is 12.0. The van der Waals surface area contributed by atoms with Gasteiger partial charge in [-0.3, -0.25) is 9.59 Å². The van der Waals surface area contributed by atoms with Crippen LogP contribution < -0.4 is 15.4 Å². The van der Waals surface area contributed by atoms with Crippen molar-refractivity contribution >= 4 is 21.8 Å². The van der Waals surface area contributed by atoms with Gasteiger partial charge in [0, 0.05) is 25.1 Å². The summed E-state index contributed by atoms with van der Waals surface area (Å²) in [5.41, 5.74) is 0.188. The molecule has 0 saturated carbocycles. The third kappa shape index (κ3) is 6.40. The molecule has 0 bridgehead atoms. The van der Waals surface area contributed by atoms with Crippen LogP contribution in [-0.2, 0) is 14.8 Å². The van der Waals surface area contributed by atoms with Gasteiger partial charge < -0.3 is 10.6 Å². The van der Waals surface area contributed by atoms with Gasteiger partial charge in [-0.2, -0.15) is 4.72 Å². The van der Waals surface area contributed by atoms with Gasteiger partial charge in [0.25, 0.3) is 5.91 Å². The normalized spacial score (nSPS) is 10.7. The summed E-state index contributed by atoms with van der Waals surface area (Å²) in [4.78, 5) is 23.4. The highest BCUT2D eigenvalue weighted by Gasteiger charge is 2.15. The number of sulfonamides is 1. The van der Waals surface area contributed by atoms with Crippen LogP contribution in [0.25, 0.3) is 0 Å². The summed E-state index contributed by atoms with van der Waals surface area (Å²) >= 11 is 0. The van der Waals surface area contributed by atoms with Crippen molar-refractivity contribution in [3.8, 4) is 12.3 Å². The lowest BCUT2D eigenvalue weighted by atomic mass is 10.2. The van der Waals surface area contributed by atoms with Crippen molar-refractivity contribution in [2.24, 2.45) is 0 Å². The minimum atomic E-state index is -3.76. The molecule has 2 amide bonds. The molecule has 0 heterocycles. The SMILES string of the molecule is C#CCNS(=O)(=O)c1cccc(C(=O)NCCC(=O)NCCC)c1. The van der Waals surface area contributed by atoms with E-state index in [2.05, 4.69) is 21.3 Å². The largest absolute Gasteiger partial charge is 0.356 e. The Bertz CT molecular complexity index is 723. The van der Waals surface area contributed by atoms with Crippen LogP contribution in [0.2, 0.25) is 0 Å². The van der Waals surface area contributed by atoms with Crippen LogP contribution in [0.3, 0.4) is 0 Å². The fourth-order valence-electron chi connectivity index (χ4n) is 1.77. The highest BCUT2D eigenvalue weighted by Crippen LogP contribution is 2.11. The summed E-state index contributed by atoms with van der Waals surface area (Å²) in [5, 5.41) is 5.28. The second kappa shape index (κ2) is 9.70. The maximum Gasteiger partial charge on any atom is 0.251 e. The summed E-state index contributed by atoms with van der Waals surface area (Å²) < 4.78 is 26.2. The number of carbonyl (C=O) groups is 2. The minimum Gasteiger partial charge on any atom is -0.356 e. The molecule has 8 heteroatoms. The molecule has 0 aliphatic rings. The first-order valence-corrected chi connectivity index (χ1v) is 8.97. The zero-order chi connectivity index (χ0) is 18.0. The molecule has 0 atom stereocenters. The molecule has 1 rings (SSSR count). The van der Waals surface area contributed by atoms with E-state index in [0.717, 1.165) is 6.42 Å². The molecule has 0 radical (unpaired) electrons. The van der Waals surface area contributed by atoms with E-state index in [1.807, 2.05) is 6.92 Å². The summed E-state index contributed by atoms with van der Waals surface area (Å²) in [7, 11) is -3.76. The van der Waals surface area contributed by atoms with Crippen LogP contribution >= 0.6 is 0 Å². The van der Waals surface area contributed by atoms with Gasteiger partial charge in [0.2, 0.25) is 15.9 Å². The Morgan fingerprint density at radius 2 is 1.96 bits per heavy atom. The fraction of sp³-hybridized carbons (Fsp3) is 0.375. The van der Waals surface area contributed by atoms with Crippen LogP contribution in [0.5, 0.6) is 0 Å². The molecule has 0 fully saturated rings. The molecule has 0 saturated heterocycles. The molecular weight excluding hydrogens is 330 g/mol. The van der Waals surface area contributed by atoms with Gasteiger partial charge in [-0.25, -0.2) is 8.42 Å². The van der Waals surface area contributed by atoms with Crippen molar-refractivity contribution in [1.29, 1.82) is 0 Å². The third-order valence-corrected chi connectivity index (χ3v) is 4.38. The Balaban J connectivity index is 2.64. The number of hydrogen-bond acceptors (Lipinski definition) is 4. The fourth-order valence-corrected chi connectivity index (χ4v) is 2.75. The Hall–Kier alpha value is -2.37. The number of amides is 2. The first-order valence-electron chi connectivity index (χ1n) is 7.48. The van der Waals surface area contributed by atoms with E-state index in [1.165, 1.54) is 24.3 Å². The predicted octanol–water partition coefficient (Wildman–Crippen LogP) is 0.244. The summed E-state index contributed by atoms with van der Waals surface area (Å²) in [6.45, 7) is 2.57. The molecule has 0 aromatic heterocycles. The van der Waals surface area contributed by atoms with Gasteiger partial charge in [0.05, 0.1) is 11.4 Å². The van der Waals surface area contributed by atoms with Crippen LogP contribution in [-0.4, -0.2) is 39.9 Å².